The molecule has 0 spiro atoms. The molecule has 2 aliphatic rings. The average molecular weight is 475 g/mol. The molecule has 2 aromatic carbocycles. The second kappa shape index (κ2) is 10.4. The molecule has 0 aliphatic carbocycles. The van der Waals surface area contributed by atoms with E-state index in [1.807, 2.05) is 36.4 Å². The van der Waals surface area contributed by atoms with Crippen LogP contribution in [0.3, 0.4) is 0 Å². The summed E-state index contributed by atoms with van der Waals surface area (Å²) in [5.41, 5.74) is 0.934. The zero-order valence-electron chi connectivity index (χ0n) is 19.8. The van der Waals surface area contributed by atoms with Crippen molar-refractivity contribution in [3.05, 3.63) is 70.5 Å². The highest BCUT2D eigenvalue weighted by Crippen LogP contribution is 2.46. The van der Waals surface area contributed by atoms with Gasteiger partial charge in [0, 0.05) is 56.3 Å². The maximum atomic E-state index is 13.2. The number of hydrogen-bond acceptors (Lipinski definition) is 4. The molecule has 0 radical (unpaired) electrons. The van der Waals surface area contributed by atoms with Crippen LogP contribution in [0, 0.1) is 11.2 Å². The summed E-state index contributed by atoms with van der Waals surface area (Å²) < 4.78 is 19.3. The van der Waals surface area contributed by atoms with Gasteiger partial charge in [0.2, 0.25) is 0 Å². The van der Waals surface area contributed by atoms with Crippen LogP contribution in [-0.4, -0.2) is 66.9 Å². The highest BCUT2D eigenvalue weighted by Gasteiger charge is 2.48. The number of likely N-dealkylation sites (tertiary alicyclic amines) is 1. The Labute approximate surface area is 202 Å². The van der Waals surface area contributed by atoms with E-state index in [1.165, 1.54) is 12.1 Å². The maximum Gasteiger partial charge on any atom is 0.123 e. The van der Waals surface area contributed by atoms with Crippen LogP contribution in [0.5, 0.6) is 0 Å². The summed E-state index contributed by atoms with van der Waals surface area (Å²) in [5.74, 6) is -0.199. The molecular weight excluding hydrogens is 439 g/mol. The van der Waals surface area contributed by atoms with Crippen molar-refractivity contribution in [3.63, 3.8) is 0 Å². The van der Waals surface area contributed by atoms with Gasteiger partial charge in [0.05, 0.1) is 11.7 Å². The van der Waals surface area contributed by atoms with Gasteiger partial charge < -0.3 is 14.7 Å². The lowest BCUT2D eigenvalue weighted by atomic mass is 9.66. The Hall–Kier alpha value is -1.50. The summed E-state index contributed by atoms with van der Waals surface area (Å²) in [4.78, 5) is 4.97. The predicted molar refractivity (Wildman–Crippen MR) is 131 cm³/mol. The minimum Gasteiger partial charge on any atom is -0.385 e. The van der Waals surface area contributed by atoms with Crippen molar-refractivity contribution in [3.8, 4) is 0 Å². The summed E-state index contributed by atoms with van der Waals surface area (Å²) in [6, 6.07) is 14.4. The van der Waals surface area contributed by atoms with Crippen LogP contribution in [0.15, 0.2) is 48.5 Å². The van der Waals surface area contributed by atoms with Crippen LogP contribution in [0.2, 0.25) is 5.02 Å². The Morgan fingerprint density at radius 1 is 1.03 bits per heavy atom. The molecule has 33 heavy (non-hydrogen) atoms. The van der Waals surface area contributed by atoms with Crippen LogP contribution >= 0.6 is 11.6 Å². The third-order valence-corrected chi connectivity index (χ3v) is 7.65. The Bertz CT molecular complexity index is 905. The second-order valence-corrected chi connectivity index (χ2v) is 10.7. The zero-order valence-corrected chi connectivity index (χ0v) is 20.5. The third-order valence-electron chi connectivity index (χ3n) is 7.39. The fraction of sp³-hybridized carbons (Fsp3) is 0.556. The highest BCUT2D eigenvalue weighted by molar-refractivity contribution is 6.30. The van der Waals surface area contributed by atoms with Gasteiger partial charge in [0.15, 0.2) is 0 Å². The molecule has 2 heterocycles. The summed E-state index contributed by atoms with van der Waals surface area (Å²) >= 11 is 6.06. The van der Waals surface area contributed by atoms with Crippen LogP contribution in [0.25, 0.3) is 0 Å². The van der Waals surface area contributed by atoms with Crippen molar-refractivity contribution in [2.24, 2.45) is 5.41 Å². The number of hydrogen-bond donors (Lipinski definition) is 1. The molecule has 0 unspecified atom stereocenters. The Morgan fingerprint density at radius 2 is 1.73 bits per heavy atom. The normalized spacial score (nSPS) is 26.8. The fourth-order valence-electron chi connectivity index (χ4n) is 5.34. The minimum atomic E-state index is -0.856. The predicted octanol–water partition coefficient (Wildman–Crippen LogP) is 4.73. The Balaban J connectivity index is 1.32. The van der Waals surface area contributed by atoms with E-state index in [4.69, 9.17) is 16.3 Å². The number of aliphatic hydroxyl groups is 1. The Morgan fingerprint density at radius 3 is 2.42 bits per heavy atom. The van der Waals surface area contributed by atoms with Crippen molar-refractivity contribution in [2.75, 3.05) is 45.9 Å². The van der Waals surface area contributed by atoms with Gasteiger partial charge in [-0.2, -0.15) is 0 Å². The van der Waals surface area contributed by atoms with E-state index in [9.17, 15) is 9.50 Å². The lowest BCUT2D eigenvalue weighted by Gasteiger charge is -2.51. The number of rotatable bonds is 6. The number of ether oxygens (including phenoxy) is 1. The van der Waals surface area contributed by atoms with E-state index >= 15 is 0 Å². The smallest absolute Gasteiger partial charge is 0.123 e. The lowest BCUT2D eigenvalue weighted by Crippen LogP contribution is -2.56. The van der Waals surface area contributed by atoms with Gasteiger partial charge in [-0.1, -0.05) is 49.7 Å². The fourth-order valence-corrected chi connectivity index (χ4v) is 5.47. The SMILES string of the molecule is CC1(C)CN(CCN2CCCO[C@@H](Cc3ccc(F)cc3)C2)CC[C@]1(O)c1ccc(Cl)cc1. The van der Waals surface area contributed by atoms with Gasteiger partial charge in [0.1, 0.15) is 5.82 Å². The molecule has 4 rings (SSSR count). The molecule has 0 saturated carbocycles. The van der Waals surface area contributed by atoms with E-state index in [0.717, 1.165) is 69.8 Å². The van der Waals surface area contributed by atoms with E-state index in [-0.39, 0.29) is 17.3 Å². The molecule has 2 saturated heterocycles. The average Bonchev–Trinajstić information content (AvgIpc) is 3.01. The number of piperidine rings is 1. The molecule has 0 amide bonds. The van der Waals surface area contributed by atoms with Crippen molar-refractivity contribution in [1.82, 2.24) is 9.80 Å². The van der Waals surface area contributed by atoms with E-state index < -0.39 is 5.60 Å². The van der Waals surface area contributed by atoms with E-state index in [2.05, 4.69) is 23.6 Å². The lowest BCUT2D eigenvalue weighted by molar-refractivity contribution is -0.126. The van der Waals surface area contributed by atoms with Crippen molar-refractivity contribution < 1.29 is 14.2 Å². The molecule has 2 atom stereocenters. The molecular formula is C27H36ClFN2O2. The molecule has 180 valence electrons. The molecule has 1 N–H and O–H groups in total. The quantitative estimate of drug-likeness (QED) is 0.656. The first-order chi connectivity index (χ1) is 15.7. The summed E-state index contributed by atoms with van der Waals surface area (Å²) in [7, 11) is 0. The van der Waals surface area contributed by atoms with Crippen molar-refractivity contribution >= 4 is 11.6 Å². The molecule has 0 bridgehead atoms. The van der Waals surface area contributed by atoms with Gasteiger partial charge in [-0.25, -0.2) is 4.39 Å². The summed E-state index contributed by atoms with van der Waals surface area (Å²) in [6.45, 7) is 10.7. The van der Waals surface area contributed by atoms with Gasteiger partial charge in [-0.3, -0.25) is 4.90 Å². The molecule has 2 aromatic rings. The first-order valence-electron chi connectivity index (χ1n) is 12.0. The van der Waals surface area contributed by atoms with E-state index in [0.29, 0.717) is 11.4 Å². The highest BCUT2D eigenvalue weighted by atomic mass is 35.5. The van der Waals surface area contributed by atoms with Gasteiger partial charge >= 0.3 is 0 Å². The summed E-state index contributed by atoms with van der Waals surface area (Å²) in [6.07, 6.45) is 2.67. The van der Waals surface area contributed by atoms with Gasteiger partial charge in [-0.05, 0) is 54.7 Å². The second-order valence-electron chi connectivity index (χ2n) is 10.3. The monoisotopic (exact) mass is 474 g/mol. The zero-order chi connectivity index (χ0) is 23.5. The number of benzene rings is 2. The number of nitrogens with zero attached hydrogens (tertiary/aromatic N) is 2. The topological polar surface area (TPSA) is 35.9 Å². The molecule has 6 heteroatoms. The van der Waals surface area contributed by atoms with Crippen LogP contribution in [0.1, 0.15) is 37.8 Å². The molecule has 0 aromatic heterocycles. The largest absolute Gasteiger partial charge is 0.385 e. The van der Waals surface area contributed by atoms with E-state index in [1.54, 1.807) is 0 Å². The third kappa shape index (κ3) is 5.95. The molecule has 2 aliphatic heterocycles. The Kier molecular flexibility index (Phi) is 7.76. The van der Waals surface area contributed by atoms with Crippen LogP contribution in [-0.2, 0) is 16.8 Å². The standard InChI is InChI=1S/C27H36ClFN2O2/c1-26(2)20-31(14-12-27(26,32)22-6-8-23(28)9-7-22)16-15-30-13-3-17-33-25(19-30)18-21-4-10-24(29)11-5-21/h4-11,25,32H,3,12-20H2,1-2H3/t25-,27-/m0/s1. The first kappa shape index (κ1) is 24.6. The van der Waals surface area contributed by atoms with Gasteiger partial charge in [0.25, 0.3) is 0 Å². The van der Waals surface area contributed by atoms with Crippen LogP contribution in [0.4, 0.5) is 4.39 Å². The first-order valence-corrected chi connectivity index (χ1v) is 12.4. The van der Waals surface area contributed by atoms with Crippen molar-refractivity contribution in [2.45, 2.75) is 44.8 Å². The minimum absolute atomic E-state index is 0.130. The maximum absolute atomic E-state index is 13.2. The van der Waals surface area contributed by atoms with Crippen molar-refractivity contribution in [1.29, 1.82) is 0 Å². The summed E-state index contributed by atoms with van der Waals surface area (Å²) in [5, 5.41) is 12.3. The molecule has 4 nitrogen and oxygen atoms in total. The number of halogens is 2. The molecule has 2 fully saturated rings. The van der Waals surface area contributed by atoms with Gasteiger partial charge in [-0.15, -0.1) is 0 Å². The van der Waals surface area contributed by atoms with Crippen LogP contribution < -0.4 is 0 Å².